The van der Waals surface area contributed by atoms with Crippen molar-refractivity contribution in [1.29, 1.82) is 0 Å². The molecular weight excluding hydrogens is 432 g/mol. The van der Waals surface area contributed by atoms with Gasteiger partial charge in [-0.05, 0) is 42.2 Å². The predicted octanol–water partition coefficient (Wildman–Crippen LogP) is 3.32. The van der Waals surface area contributed by atoms with E-state index in [2.05, 4.69) is 5.32 Å². The summed E-state index contributed by atoms with van der Waals surface area (Å²) < 4.78 is 33.3. The van der Waals surface area contributed by atoms with Crippen molar-refractivity contribution in [2.45, 2.75) is 37.3 Å². The van der Waals surface area contributed by atoms with E-state index in [4.69, 9.17) is 4.42 Å². The third kappa shape index (κ3) is 5.87. The maximum Gasteiger partial charge on any atom is 0.404 e. The second kappa shape index (κ2) is 10.2. The van der Waals surface area contributed by atoms with Gasteiger partial charge in [-0.25, -0.2) is 13.2 Å². The van der Waals surface area contributed by atoms with Crippen LogP contribution in [-0.2, 0) is 16.4 Å². The number of aliphatic hydroxyl groups excluding tert-OH is 1. The molecule has 0 fully saturated rings. The smallest absolute Gasteiger partial charge is 0.404 e. The number of hydrogen-bond acceptors (Lipinski definition) is 5. The quantitative estimate of drug-likeness (QED) is 0.427. The van der Waals surface area contributed by atoms with Crippen LogP contribution in [0.15, 0.2) is 70.2 Å². The molecule has 1 aromatic heterocycles. The summed E-state index contributed by atoms with van der Waals surface area (Å²) in [6.07, 6.45) is -0.820. The lowest BCUT2D eigenvalue weighted by Crippen LogP contribution is -2.50. The topological polar surface area (TPSA) is 120 Å². The molecule has 8 nitrogen and oxygen atoms in total. The first-order valence-corrected chi connectivity index (χ1v) is 11.8. The van der Waals surface area contributed by atoms with Crippen LogP contribution in [0.1, 0.15) is 19.4 Å². The summed E-state index contributed by atoms with van der Waals surface area (Å²) in [4.78, 5) is 11.4. The highest BCUT2D eigenvalue weighted by Gasteiger charge is 2.31. The summed E-state index contributed by atoms with van der Waals surface area (Å²) in [6.45, 7) is 3.69. The minimum absolute atomic E-state index is 0.00497. The van der Waals surface area contributed by atoms with Crippen molar-refractivity contribution >= 4 is 27.1 Å². The lowest BCUT2D eigenvalue weighted by atomic mass is 10.0. The Balaban J connectivity index is 1.87. The van der Waals surface area contributed by atoms with Crippen molar-refractivity contribution in [3.8, 4) is 0 Å². The van der Waals surface area contributed by atoms with Crippen molar-refractivity contribution in [2.75, 3.05) is 13.1 Å². The SMILES string of the molecule is CC(C)CN(CC(O)C(Cc1ccccc1)NC(=O)O)S(=O)(=O)c1ccc2occc2c1. The largest absolute Gasteiger partial charge is 0.465 e. The van der Waals surface area contributed by atoms with E-state index < -0.39 is 28.3 Å². The van der Waals surface area contributed by atoms with Crippen LogP contribution in [0.4, 0.5) is 4.79 Å². The lowest BCUT2D eigenvalue weighted by Gasteiger charge is -2.30. The van der Waals surface area contributed by atoms with Crippen LogP contribution in [0.2, 0.25) is 0 Å². The van der Waals surface area contributed by atoms with Crippen LogP contribution >= 0.6 is 0 Å². The van der Waals surface area contributed by atoms with E-state index in [1.807, 2.05) is 44.2 Å². The summed E-state index contributed by atoms with van der Waals surface area (Å²) in [5, 5.41) is 23.1. The van der Waals surface area contributed by atoms with Gasteiger partial charge in [0, 0.05) is 18.5 Å². The number of sulfonamides is 1. The van der Waals surface area contributed by atoms with E-state index in [1.54, 1.807) is 12.1 Å². The van der Waals surface area contributed by atoms with Gasteiger partial charge in [0.25, 0.3) is 0 Å². The normalized spacial score (nSPS) is 14.0. The zero-order valence-electron chi connectivity index (χ0n) is 18.0. The third-order valence-corrected chi connectivity index (χ3v) is 6.92. The fraction of sp³-hybridized carbons (Fsp3) is 0.348. The van der Waals surface area contributed by atoms with Crippen molar-refractivity contribution in [3.63, 3.8) is 0 Å². The van der Waals surface area contributed by atoms with Gasteiger partial charge in [0.2, 0.25) is 10.0 Å². The molecule has 0 aliphatic heterocycles. The van der Waals surface area contributed by atoms with Gasteiger partial charge in [-0.15, -0.1) is 0 Å². The molecule has 0 saturated heterocycles. The fourth-order valence-electron chi connectivity index (χ4n) is 3.58. The van der Waals surface area contributed by atoms with E-state index in [0.29, 0.717) is 11.0 Å². The zero-order valence-corrected chi connectivity index (χ0v) is 18.8. The molecule has 2 unspecified atom stereocenters. The standard InChI is InChI=1S/C23H28N2O6S/c1-16(2)14-25(32(29,30)19-8-9-22-18(13-19)10-11-31-22)15-21(26)20(24-23(27)28)12-17-6-4-3-5-7-17/h3-11,13,16,20-21,24,26H,12,14-15H2,1-2H3,(H,27,28). The van der Waals surface area contributed by atoms with Crippen LogP contribution in [-0.4, -0.2) is 54.3 Å². The van der Waals surface area contributed by atoms with Gasteiger partial charge in [-0.2, -0.15) is 4.31 Å². The summed E-state index contributed by atoms with van der Waals surface area (Å²) in [5.41, 5.74) is 1.40. The number of fused-ring (bicyclic) bond motifs is 1. The van der Waals surface area contributed by atoms with Gasteiger partial charge in [-0.1, -0.05) is 44.2 Å². The van der Waals surface area contributed by atoms with E-state index in [1.165, 1.54) is 22.7 Å². The maximum atomic E-state index is 13.4. The van der Waals surface area contributed by atoms with E-state index in [-0.39, 0.29) is 30.3 Å². The molecule has 3 rings (SSSR count). The first-order chi connectivity index (χ1) is 15.2. The van der Waals surface area contributed by atoms with Gasteiger partial charge in [0.1, 0.15) is 5.58 Å². The molecular formula is C23H28N2O6S. The average molecular weight is 461 g/mol. The highest BCUT2D eigenvalue weighted by Crippen LogP contribution is 2.24. The molecule has 0 aliphatic carbocycles. The second-order valence-corrected chi connectivity index (χ2v) is 10.1. The molecule has 2 aromatic carbocycles. The number of nitrogens with zero attached hydrogens (tertiary/aromatic N) is 1. The molecule has 0 bridgehead atoms. The summed E-state index contributed by atoms with van der Waals surface area (Å²) >= 11 is 0. The second-order valence-electron chi connectivity index (χ2n) is 8.15. The highest BCUT2D eigenvalue weighted by molar-refractivity contribution is 7.89. The van der Waals surface area contributed by atoms with Gasteiger partial charge in [0.05, 0.1) is 23.3 Å². The van der Waals surface area contributed by atoms with Crippen molar-refractivity contribution in [1.82, 2.24) is 9.62 Å². The molecule has 3 aromatic rings. The Hall–Kier alpha value is -2.88. The highest BCUT2D eigenvalue weighted by atomic mass is 32.2. The zero-order chi connectivity index (χ0) is 23.3. The number of carboxylic acid groups (broad SMARTS) is 1. The van der Waals surface area contributed by atoms with Crippen molar-refractivity contribution < 1.29 is 27.8 Å². The minimum atomic E-state index is -3.94. The summed E-state index contributed by atoms with van der Waals surface area (Å²) in [5.74, 6) is -0.00497. The summed E-state index contributed by atoms with van der Waals surface area (Å²) in [7, 11) is -3.94. The number of furan rings is 1. The molecule has 172 valence electrons. The van der Waals surface area contributed by atoms with Crippen LogP contribution < -0.4 is 5.32 Å². The first kappa shape index (κ1) is 23.8. The Morgan fingerprint density at radius 3 is 2.47 bits per heavy atom. The molecule has 0 spiro atoms. The molecule has 0 saturated carbocycles. The van der Waals surface area contributed by atoms with Crippen molar-refractivity contribution in [2.24, 2.45) is 5.92 Å². The number of hydrogen-bond donors (Lipinski definition) is 3. The molecule has 0 radical (unpaired) electrons. The summed E-state index contributed by atoms with van der Waals surface area (Å²) in [6, 6.07) is 14.5. The third-order valence-electron chi connectivity index (χ3n) is 5.09. The number of benzene rings is 2. The first-order valence-electron chi connectivity index (χ1n) is 10.4. The maximum absolute atomic E-state index is 13.4. The number of amides is 1. The Labute approximate surface area is 187 Å². The molecule has 1 amide bonds. The van der Waals surface area contributed by atoms with Crippen LogP contribution in [0.25, 0.3) is 11.0 Å². The van der Waals surface area contributed by atoms with Gasteiger partial charge >= 0.3 is 6.09 Å². The van der Waals surface area contributed by atoms with Crippen molar-refractivity contribution in [3.05, 3.63) is 66.4 Å². The van der Waals surface area contributed by atoms with Gasteiger partial charge in [0.15, 0.2) is 0 Å². The van der Waals surface area contributed by atoms with Crippen LogP contribution in [0, 0.1) is 5.92 Å². The fourth-order valence-corrected chi connectivity index (χ4v) is 5.24. The molecule has 2 atom stereocenters. The van der Waals surface area contributed by atoms with Gasteiger partial charge < -0.3 is 19.9 Å². The monoisotopic (exact) mass is 460 g/mol. The predicted molar refractivity (Wildman–Crippen MR) is 121 cm³/mol. The molecule has 3 N–H and O–H groups in total. The number of aliphatic hydroxyl groups is 1. The Bertz CT molecular complexity index is 1140. The van der Waals surface area contributed by atoms with Crippen LogP contribution in [0.5, 0.6) is 0 Å². The Morgan fingerprint density at radius 1 is 1.09 bits per heavy atom. The molecule has 9 heteroatoms. The Morgan fingerprint density at radius 2 is 1.81 bits per heavy atom. The number of carbonyl (C=O) groups is 1. The molecule has 0 aliphatic rings. The van der Waals surface area contributed by atoms with Crippen LogP contribution in [0.3, 0.4) is 0 Å². The Kier molecular flexibility index (Phi) is 7.55. The van der Waals surface area contributed by atoms with E-state index in [0.717, 1.165) is 5.56 Å². The van der Waals surface area contributed by atoms with E-state index in [9.17, 15) is 23.4 Å². The van der Waals surface area contributed by atoms with E-state index >= 15 is 0 Å². The number of rotatable bonds is 10. The molecule has 32 heavy (non-hydrogen) atoms. The average Bonchev–Trinajstić information content (AvgIpc) is 3.21. The molecule has 1 heterocycles. The number of nitrogens with one attached hydrogen (secondary N) is 1. The minimum Gasteiger partial charge on any atom is -0.465 e. The van der Waals surface area contributed by atoms with Gasteiger partial charge in [-0.3, -0.25) is 0 Å². The lowest BCUT2D eigenvalue weighted by molar-refractivity contribution is 0.0980.